The Bertz CT molecular complexity index is 549. The van der Waals surface area contributed by atoms with Gasteiger partial charge in [0.25, 0.3) is 0 Å². The molecule has 0 saturated carbocycles. The predicted octanol–water partition coefficient (Wildman–Crippen LogP) is 1.60. The molecule has 1 atom stereocenters. The molecule has 1 aliphatic heterocycles. The van der Waals surface area contributed by atoms with E-state index in [2.05, 4.69) is 27.4 Å². The van der Waals surface area contributed by atoms with Gasteiger partial charge in [-0.05, 0) is 38.4 Å². The Kier molecular flexibility index (Phi) is 3.06. The maximum absolute atomic E-state index is 9.38. The summed E-state index contributed by atoms with van der Waals surface area (Å²) in [6.07, 6.45) is 4.35. The van der Waals surface area contributed by atoms with Crippen molar-refractivity contribution in [3.8, 4) is 0 Å². The summed E-state index contributed by atoms with van der Waals surface area (Å²) in [5.74, 6) is 0. The minimum Gasteiger partial charge on any atom is -0.395 e. The summed E-state index contributed by atoms with van der Waals surface area (Å²) in [5.41, 5.74) is 3.33. The number of aryl methyl sites for hydroxylation is 1. The summed E-state index contributed by atoms with van der Waals surface area (Å²) in [7, 11) is 0. The highest BCUT2D eigenvalue weighted by Crippen LogP contribution is 2.21. The number of rotatable bonds is 3. The van der Waals surface area contributed by atoms with E-state index in [1.54, 1.807) is 0 Å². The van der Waals surface area contributed by atoms with Gasteiger partial charge in [-0.2, -0.15) is 0 Å². The van der Waals surface area contributed by atoms with Crippen molar-refractivity contribution in [3.63, 3.8) is 0 Å². The molecule has 2 aromatic rings. The van der Waals surface area contributed by atoms with Crippen LogP contribution < -0.4 is 0 Å². The lowest BCUT2D eigenvalue weighted by Gasteiger charge is -2.22. The van der Waals surface area contributed by atoms with Crippen molar-refractivity contribution >= 4 is 5.65 Å². The number of aliphatic hydroxyl groups is 1. The molecule has 0 radical (unpaired) electrons. The second-order valence-electron chi connectivity index (χ2n) is 5.02. The Labute approximate surface area is 107 Å². The third-order valence-corrected chi connectivity index (χ3v) is 3.89. The highest BCUT2D eigenvalue weighted by molar-refractivity contribution is 5.42. The van der Waals surface area contributed by atoms with Gasteiger partial charge in [0.15, 0.2) is 0 Å². The maximum atomic E-state index is 9.38. The first-order valence-electron chi connectivity index (χ1n) is 6.57. The number of pyridine rings is 1. The number of aliphatic hydroxyl groups excluding tert-OH is 1. The summed E-state index contributed by atoms with van der Waals surface area (Å²) in [6.45, 7) is 4.27. The first kappa shape index (κ1) is 11.7. The minimum absolute atomic E-state index is 0.260. The number of aromatic nitrogens is 2. The maximum Gasteiger partial charge on any atom is 0.137 e. The van der Waals surface area contributed by atoms with E-state index in [4.69, 9.17) is 0 Å². The molecule has 0 spiro atoms. The van der Waals surface area contributed by atoms with E-state index in [9.17, 15) is 5.11 Å². The lowest BCUT2D eigenvalue weighted by atomic mass is 10.2. The van der Waals surface area contributed by atoms with Crippen LogP contribution in [0.1, 0.15) is 24.2 Å². The fourth-order valence-corrected chi connectivity index (χ4v) is 2.86. The summed E-state index contributed by atoms with van der Waals surface area (Å²) in [4.78, 5) is 6.94. The van der Waals surface area contributed by atoms with Gasteiger partial charge in [0.2, 0.25) is 0 Å². The second-order valence-corrected chi connectivity index (χ2v) is 5.02. The van der Waals surface area contributed by atoms with Crippen LogP contribution in [0.15, 0.2) is 24.4 Å². The second kappa shape index (κ2) is 4.71. The average molecular weight is 245 g/mol. The molecule has 1 N–H and O–H groups in total. The van der Waals surface area contributed by atoms with Crippen LogP contribution in [0.2, 0.25) is 0 Å². The topological polar surface area (TPSA) is 40.8 Å². The van der Waals surface area contributed by atoms with Crippen molar-refractivity contribution in [1.82, 2.24) is 14.3 Å². The molecule has 96 valence electrons. The summed E-state index contributed by atoms with van der Waals surface area (Å²) < 4.78 is 2.15. The first-order valence-corrected chi connectivity index (χ1v) is 6.57. The molecule has 0 unspecified atom stereocenters. The highest BCUT2D eigenvalue weighted by atomic mass is 16.3. The molecular formula is C14H19N3O. The summed E-state index contributed by atoms with van der Waals surface area (Å²) >= 11 is 0. The van der Waals surface area contributed by atoms with E-state index in [1.807, 2.05) is 18.2 Å². The van der Waals surface area contributed by atoms with Gasteiger partial charge in [0.1, 0.15) is 5.65 Å². The van der Waals surface area contributed by atoms with Crippen molar-refractivity contribution in [1.29, 1.82) is 0 Å². The van der Waals surface area contributed by atoms with Crippen molar-refractivity contribution < 1.29 is 5.11 Å². The van der Waals surface area contributed by atoms with E-state index in [0.29, 0.717) is 6.04 Å². The quantitative estimate of drug-likeness (QED) is 0.893. The zero-order chi connectivity index (χ0) is 12.5. The number of hydrogen-bond donors (Lipinski definition) is 1. The van der Waals surface area contributed by atoms with Gasteiger partial charge in [-0.3, -0.25) is 4.90 Å². The van der Waals surface area contributed by atoms with E-state index >= 15 is 0 Å². The average Bonchev–Trinajstić information content (AvgIpc) is 2.95. The molecule has 0 amide bonds. The Morgan fingerprint density at radius 3 is 3.17 bits per heavy atom. The molecule has 1 fully saturated rings. The Hall–Kier alpha value is -1.39. The Morgan fingerprint density at radius 2 is 2.33 bits per heavy atom. The summed E-state index contributed by atoms with van der Waals surface area (Å²) in [5, 5.41) is 9.38. The molecule has 1 aliphatic rings. The van der Waals surface area contributed by atoms with Crippen LogP contribution >= 0.6 is 0 Å². The third-order valence-electron chi connectivity index (χ3n) is 3.89. The number of imidazole rings is 1. The molecule has 3 rings (SSSR count). The van der Waals surface area contributed by atoms with Crippen molar-refractivity contribution in [3.05, 3.63) is 35.8 Å². The Balaban J connectivity index is 1.92. The van der Waals surface area contributed by atoms with Crippen LogP contribution in [-0.4, -0.2) is 38.6 Å². The van der Waals surface area contributed by atoms with Crippen molar-refractivity contribution in [2.45, 2.75) is 32.4 Å². The largest absolute Gasteiger partial charge is 0.395 e. The zero-order valence-electron chi connectivity index (χ0n) is 10.7. The minimum atomic E-state index is 0.260. The first-order chi connectivity index (χ1) is 8.79. The fraction of sp³-hybridized carbons (Fsp3) is 0.500. The van der Waals surface area contributed by atoms with Gasteiger partial charge < -0.3 is 9.51 Å². The van der Waals surface area contributed by atoms with Gasteiger partial charge in [-0.1, -0.05) is 6.07 Å². The Morgan fingerprint density at radius 1 is 1.44 bits per heavy atom. The number of fused-ring (bicyclic) bond motifs is 1. The van der Waals surface area contributed by atoms with Gasteiger partial charge in [0, 0.05) is 18.8 Å². The van der Waals surface area contributed by atoms with Crippen LogP contribution in [-0.2, 0) is 6.54 Å². The third kappa shape index (κ3) is 1.91. The molecule has 4 nitrogen and oxygen atoms in total. The normalized spacial score (nSPS) is 20.9. The van der Waals surface area contributed by atoms with Crippen LogP contribution in [0, 0.1) is 6.92 Å². The molecule has 1 saturated heterocycles. The predicted molar refractivity (Wildman–Crippen MR) is 70.4 cm³/mol. The molecule has 4 heteroatoms. The van der Waals surface area contributed by atoms with Crippen molar-refractivity contribution in [2.75, 3.05) is 13.2 Å². The monoisotopic (exact) mass is 245 g/mol. The molecule has 3 heterocycles. The van der Waals surface area contributed by atoms with Crippen LogP contribution in [0.3, 0.4) is 0 Å². The van der Waals surface area contributed by atoms with Crippen LogP contribution in [0.5, 0.6) is 0 Å². The van der Waals surface area contributed by atoms with E-state index in [1.165, 1.54) is 12.1 Å². The molecule has 2 aromatic heterocycles. The SMILES string of the molecule is Cc1nc2ccccn2c1CN1CCC[C@@H]1CO. The van der Waals surface area contributed by atoms with Crippen LogP contribution in [0.25, 0.3) is 5.65 Å². The van der Waals surface area contributed by atoms with Gasteiger partial charge in [0.05, 0.1) is 18.0 Å². The van der Waals surface area contributed by atoms with Gasteiger partial charge in [-0.25, -0.2) is 4.98 Å². The van der Waals surface area contributed by atoms with Gasteiger partial charge in [-0.15, -0.1) is 0 Å². The lowest BCUT2D eigenvalue weighted by Crippen LogP contribution is -2.32. The fourth-order valence-electron chi connectivity index (χ4n) is 2.86. The van der Waals surface area contributed by atoms with Crippen LogP contribution in [0.4, 0.5) is 0 Å². The smallest absolute Gasteiger partial charge is 0.137 e. The lowest BCUT2D eigenvalue weighted by molar-refractivity contribution is 0.152. The van der Waals surface area contributed by atoms with E-state index in [0.717, 1.165) is 30.9 Å². The number of likely N-dealkylation sites (tertiary alicyclic amines) is 1. The molecule has 0 aliphatic carbocycles. The summed E-state index contributed by atoms with van der Waals surface area (Å²) in [6, 6.07) is 6.39. The molecular weight excluding hydrogens is 226 g/mol. The van der Waals surface area contributed by atoms with Gasteiger partial charge >= 0.3 is 0 Å². The molecule has 0 aromatic carbocycles. The molecule has 18 heavy (non-hydrogen) atoms. The zero-order valence-corrected chi connectivity index (χ0v) is 10.7. The standard InChI is InChI=1S/C14H19N3O/c1-11-13(9-16-7-4-5-12(16)10-18)17-8-3-2-6-14(17)15-11/h2-3,6,8,12,18H,4-5,7,9-10H2,1H3/t12-/m1/s1. The number of nitrogens with zero attached hydrogens (tertiary/aromatic N) is 3. The van der Waals surface area contributed by atoms with E-state index in [-0.39, 0.29) is 6.61 Å². The van der Waals surface area contributed by atoms with E-state index < -0.39 is 0 Å². The number of hydrogen-bond acceptors (Lipinski definition) is 3. The highest BCUT2D eigenvalue weighted by Gasteiger charge is 2.25. The molecule has 0 bridgehead atoms. The van der Waals surface area contributed by atoms with Crippen molar-refractivity contribution in [2.24, 2.45) is 0 Å².